The molecule has 0 amide bonds. The maximum absolute atomic E-state index is 13.5. The molecular formula is C15H12FN3O. The van der Waals surface area contributed by atoms with E-state index in [1.807, 2.05) is 24.3 Å². The first-order chi connectivity index (χ1) is 9.74. The Bertz CT molecular complexity index is 766. The largest absolute Gasteiger partial charge is 0.297 e. The third kappa shape index (κ3) is 2.42. The average Bonchev–Trinajstić information content (AvgIpc) is 2.85. The highest BCUT2D eigenvalue weighted by Gasteiger charge is 2.11. The lowest BCUT2D eigenvalue weighted by Crippen LogP contribution is -2.14. The van der Waals surface area contributed by atoms with E-state index in [-0.39, 0.29) is 24.6 Å². The van der Waals surface area contributed by atoms with Crippen LogP contribution in [-0.4, -0.2) is 20.8 Å². The fraction of sp³-hybridized carbons (Fsp3) is 0.133. The molecule has 0 unspecified atom stereocenters. The third-order valence-corrected chi connectivity index (χ3v) is 3.09. The molecule has 4 nitrogen and oxygen atoms in total. The Morgan fingerprint density at radius 3 is 2.70 bits per heavy atom. The van der Waals surface area contributed by atoms with E-state index in [9.17, 15) is 9.18 Å². The molecule has 0 aliphatic rings. The number of halogens is 1. The summed E-state index contributed by atoms with van der Waals surface area (Å²) in [6.07, 6.45) is 0.0564. The normalized spacial score (nSPS) is 10.8. The van der Waals surface area contributed by atoms with Crippen molar-refractivity contribution in [2.45, 2.75) is 13.0 Å². The van der Waals surface area contributed by atoms with Gasteiger partial charge >= 0.3 is 0 Å². The van der Waals surface area contributed by atoms with E-state index < -0.39 is 0 Å². The molecule has 1 aromatic heterocycles. The maximum Gasteiger partial charge on any atom is 0.158 e. The lowest BCUT2D eigenvalue weighted by atomic mass is 10.1. The molecule has 0 fully saturated rings. The van der Waals surface area contributed by atoms with Crippen molar-refractivity contribution < 1.29 is 9.18 Å². The molecule has 0 N–H and O–H groups in total. The van der Waals surface area contributed by atoms with E-state index in [0.717, 1.165) is 11.0 Å². The first kappa shape index (κ1) is 12.5. The van der Waals surface area contributed by atoms with Crippen molar-refractivity contribution in [2.75, 3.05) is 0 Å². The van der Waals surface area contributed by atoms with Crippen LogP contribution in [0.15, 0.2) is 48.5 Å². The highest BCUT2D eigenvalue weighted by Crippen LogP contribution is 2.11. The van der Waals surface area contributed by atoms with Gasteiger partial charge in [0.2, 0.25) is 0 Å². The summed E-state index contributed by atoms with van der Waals surface area (Å²) in [5, 5.41) is 7.93. The number of nitrogens with zero attached hydrogens (tertiary/aromatic N) is 3. The molecule has 3 rings (SSSR count). The van der Waals surface area contributed by atoms with Gasteiger partial charge in [0.25, 0.3) is 0 Å². The second kappa shape index (κ2) is 5.21. The molecule has 0 spiro atoms. The lowest BCUT2D eigenvalue weighted by Gasteiger charge is -2.03. The highest BCUT2D eigenvalue weighted by atomic mass is 19.1. The van der Waals surface area contributed by atoms with E-state index in [2.05, 4.69) is 10.3 Å². The molecule has 0 bridgehead atoms. The van der Waals surface area contributed by atoms with Crippen molar-refractivity contribution in [1.82, 2.24) is 15.0 Å². The molecule has 1 heterocycles. The van der Waals surface area contributed by atoms with Crippen LogP contribution in [0.3, 0.4) is 0 Å². The van der Waals surface area contributed by atoms with Crippen molar-refractivity contribution in [3.63, 3.8) is 0 Å². The van der Waals surface area contributed by atoms with Gasteiger partial charge in [-0.25, -0.2) is 9.07 Å². The molecule has 0 aliphatic carbocycles. The minimum absolute atomic E-state index is 0.0564. The maximum atomic E-state index is 13.5. The number of carbonyl (C=O) groups excluding carboxylic acids is 1. The van der Waals surface area contributed by atoms with Gasteiger partial charge < -0.3 is 0 Å². The summed E-state index contributed by atoms with van der Waals surface area (Å²) < 4.78 is 15.0. The van der Waals surface area contributed by atoms with Gasteiger partial charge in [-0.15, -0.1) is 5.10 Å². The number of Topliss-reactive ketones (excluding diaryl/α,β-unsaturated/α-hetero) is 1. The minimum Gasteiger partial charge on any atom is -0.297 e. The van der Waals surface area contributed by atoms with Gasteiger partial charge in [-0.3, -0.25) is 4.79 Å². The zero-order chi connectivity index (χ0) is 13.9. The quantitative estimate of drug-likeness (QED) is 0.730. The summed E-state index contributed by atoms with van der Waals surface area (Å²) >= 11 is 0. The molecule has 0 saturated heterocycles. The topological polar surface area (TPSA) is 47.8 Å². The van der Waals surface area contributed by atoms with E-state index in [0.29, 0.717) is 5.56 Å². The second-order valence-corrected chi connectivity index (χ2v) is 4.54. The summed E-state index contributed by atoms with van der Waals surface area (Å²) in [5.41, 5.74) is 1.95. The Balaban J connectivity index is 1.78. The van der Waals surface area contributed by atoms with Crippen molar-refractivity contribution in [3.8, 4) is 0 Å². The Morgan fingerprint density at radius 1 is 1.10 bits per heavy atom. The van der Waals surface area contributed by atoms with Gasteiger partial charge in [-0.2, -0.15) is 0 Å². The predicted molar refractivity (Wildman–Crippen MR) is 72.6 cm³/mol. The van der Waals surface area contributed by atoms with Crippen molar-refractivity contribution in [1.29, 1.82) is 0 Å². The minimum atomic E-state index is -0.357. The fourth-order valence-electron chi connectivity index (χ4n) is 2.11. The van der Waals surface area contributed by atoms with E-state index in [1.54, 1.807) is 22.9 Å². The van der Waals surface area contributed by atoms with Crippen LogP contribution < -0.4 is 0 Å². The molecule has 2 aromatic carbocycles. The Morgan fingerprint density at radius 2 is 1.85 bits per heavy atom. The number of fused-ring (bicyclic) bond motifs is 1. The Kier molecular flexibility index (Phi) is 3.25. The molecule has 0 saturated carbocycles. The summed E-state index contributed by atoms with van der Waals surface area (Å²) in [4.78, 5) is 12.0. The summed E-state index contributed by atoms with van der Waals surface area (Å²) in [6, 6.07) is 13.7. The summed E-state index contributed by atoms with van der Waals surface area (Å²) in [7, 11) is 0. The standard InChI is InChI=1S/C15H12FN3O/c16-13-6-2-1-5-11(13)9-12(20)10-19-15-8-4-3-7-14(15)17-18-19/h1-8H,9-10H2. The van der Waals surface area contributed by atoms with Crippen LogP contribution in [0.5, 0.6) is 0 Å². The number of carbonyl (C=O) groups is 1. The van der Waals surface area contributed by atoms with Crippen LogP contribution in [0, 0.1) is 5.82 Å². The number of benzene rings is 2. The van der Waals surface area contributed by atoms with Gasteiger partial charge in [0, 0.05) is 6.42 Å². The molecule has 0 radical (unpaired) electrons. The van der Waals surface area contributed by atoms with Gasteiger partial charge in [0.15, 0.2) is 5.78 Å². The van der Waals surface area contributed by atoms with Crippen molar-refractivity contribution in [2.24, 2.45) is 0 Å². The van der Waals surface area contributed by atoms with E-state index in [4.69, 9.17) is 0 Å². The number of hydrogen-bond acceptors (Lipinski definition) is 3. The van der Waals surface area contributed by atoms with Gasteiger partial charge in [0.05, 0.1) is 5.52 Å². The highest BCUT2D eigenvalue weighted by molar-refractivity contribution is 5.83. The predicted octanol–water partition coefficient (Wildman–Crippen LogP) is 2.38. The van der Waals surface area contributed by atoms with Crippen LogP contribution >= 0.6 is 0 Å². The number of ketones is 1. The number of aromatic nitrogens is 3. The molecular weight excluding hydrogens is 257 g/mol. The van der Waals surface area contributed by atoms with Crippen LogP contribution in [0.25, 0.3) is 11.0 Å². The molecule has 100 valence electrons. The third-order valence-electron chi connectivity index (χ3n) is 3.09. The zero-order valence-corrected chi connectivity index (χ0v) is 10.7. The van der Waals surface area contributed by atoms with Gasteiger partial charge in [-0.05, 0) is 23.8 Å². The molecule has 3 aromatic rings. The average molecular weight is 269 g/mol. The zero-order valence-electron chi connectivity index (χ0n) is 10.7. The van der Waals surface area contributed by atoms with Crippen molar-refractivity contribution in [3.05, 3.63) is 59.9 Å². The number of para-hydroxylation sites is 1. The van der Waals surface area contributed by atoms with E-state index in [1.165, 1.54) is 6.07 Å². The first-order valence-corrected chi connectivity index (χ1v) is 6.27. The van der Waals surface area contributed by atoms with Crippen LogP contribution in [-0.2, 0) is 17.8 Å². The molecule has 0 aliphatic heterocycles. The summed E-state index contributed by atoms with van der Waals surface area (Å²) in [5.74, 6) is -0.463. The smallest absolute Gasteiger partial charge is 0.158 e. The first-order valence-electron chi connectivity index (χ1n) is 6.27. The Labute approximate surface area is 114 Å². The van der Waals surface area contributed by atoms with Crippen LogP contribution in [0.1, 0.15) is 5.56 Å². The lowest BCUT2D eigenvalue weighted by molar-refractivity contribution is -0.119. The number of rotatable bonds is 4. The fourth-order valence-corrected chi connectivity index (χ4v) is 2.11. The van der Waals surface area contributed by atoms with Gasteiger partial charge in [0.1, 0.15) is 17.9 Å². The van der Waals surface area contributed by atoms with Crippen molar-refractivity contribution >= 4 is 16.8 Å². The number of hydrogen-bond donors (Lipinski definition) is 0. The Hall–Kier alpha value is -2.56. The molecule has 20 heavy (non-hydrogen) atoms. The summed E-state index contributed by atoms with van der Waals surface area (Å²) in [6.45, 7) is 0.0921. The second-order valence-electron chi connectivity index (χ2n) is 4.54. The van der Waals surface area contributed by atoms with Crippen LogP contribution in [0.2, 0.25) is 0 Å². The monoisotopic (exact) mass is 269 g/mol. The van der Waals surface area contributed by atoms with E-state index >= 15 is 0 Å². The van der Waals surface area contributed by atoms with Gasteiger partial charge in [-0.1, -0.05) is 35.5 Å². The molecule has 0 atom stereocenters. The molecule has 5 heteroatoms. The van der Waals surface area contributed by atoms with Crippen LogP contribution in [0.4, 0.5) is 4.39 Å². The SMILES string of the molecule is O=C(Cc1ccccc1F)Cn1nnc2ccccc21.